The standard InChI is InChI=1S/C21H20N2O3/c1-13(8-9-14(2)21(24)25)15-10-17-18(12-23-20(17)22-11-15)16-6-4-5-7-19(16)26-3/h4-12H,1-3H3,(H,22,23)(H,24,25)/b13-8+,14-9+. The number of nitrogens with one attached hydrogen (secondary N) is 1. The van der Waals surface area contributed by atoms with E-state index in [1.165, 1.54) is 0 Å². The van der Waals surface area contributed by atoms with Gasteiger partial charge in [-0.1, -0.05) is 30.4 Å². The third-order valence-corrected chi connectivity index (χ3v) is 4.30. The lowest BCUT2D eigenvalue weighted by molar-refractivity contribution is -0.132. The van der Waals surface area contributed by atoms with E-state index in [0.717, 1.165) is 39.0 Å². The summed E-state index contributed by atoms with van der Waals surface area (Å²) in [5, 5.41) is 9.95. The molecule has 0 unspecified atom stereocenters. The fourth-order valence-electron chi connectivity index (χ4n) is 2.73. The molecule has 5 heteroatoms. The SMILES string of the molecule is COc1ccccc1-c1c[nH]c2ncc(/C(C)=C/C=C(\C)C(=O)O)cc12. The maximum atomic E-state index is 10.9. The van der Waals surface area contributed by atoms with Gasteiger partial charge >= 0.3 is 5.97 Å². The van der Waals surface area contributed by atoms with Gasteiger partial charge in [0, 0.05) is 34.5 Å². The summed E-state index contributed by atoms with van der Waals surface area (Å²) in [6.07, 6.45) is 7.09. The van der Waals surface area contributed by atoms with E-state index in [4.69, 9.17) is 9.84 Å². The molecule has 0 aliphatic heterocycles. The van der Waals surface area contributed by atoms with Crippen LogP contribution in [0, 0.1) is 0 Å². The molecule has 0 atom stereocenters. The lowest BCUT2D eigenvalue weighted by Gasteiger charge is -2.07. The monoisotopic (exact) mass is 348 g/mol. The zero-order valence-corrected chi connectivity index (χ0v) is 14.9. The molecule has 0 fully saturated rings. The van der Waals surface area contributed by atoms with Crippen LogP contribution in [0.5, 0.6) is 5.75 Å². The number of methoxy groups -OCH3 is 1. The molecule has 0 saturated heterocycles. The topological polar surface area (TPSA) is 75.2 Å². The van der Waals surface area contributed by atoms with Crippen LogP contribution < -0.4 is 4.74 Å². The Balaban J connectivity index is 2.08. The number of carboxylic acid groups (broad SMARTS) is 1. The number of para-hydroxylation sites is 1. The average molecular weight is 348 g/mol. The van der Waals surface area contributed by atoms with E-state index in [9.17, 15) is 4.79 Å². The minimum absolute atomic E-state index is 0.287. The maximum absolute atomic E-state index is 10.9. The summed E-state index contributed by atoms with van der Waals surface area (Å²) in [5.41, 5.74) is 4.95. The smallest absolute Gasteiger partial charge is 0.331 e. The van der Waals surface area contributed by atoms with Crippen LogP contribution in [0.1, 0.15) is 19.4 Å². The molecule has 0 amide bonds. The van der Waals surface area contributed by atoms with Crippen molar-refractivity contribution in [2.45, 2.75) is 13.8 Å². The van der Waals surface area contributed by atoms with Gasteiger partial charge < -0.3 is 14.8 Å². The molecule has 2 aromatic heterocycles. The van der Waals surface area contributed by atoms with Crippen molar-refractivity contribution in [3.63, 3.8) is 0 Å². The molecule has 3 aromatic rings. The number of carbonyl (C=O) groups is 1. The van der Waals surface area contributed by atoms with Crippen LogP contribution in [0.2, 0.25) is 0 Å². The number of ether oxygens (including phenoxy) is 1. The van der Waals surface area contributed by atoms with Crippen molar-refractivity contribution < 1.29 is 14.6 Å². The molecule has 0 radical (unpaired) electrons. The molecule has 1 aromatic carbocycles. The quantitative estimate of drug-likeness (QED) is 0.519. The second kappa shape index (κ2) is 7.27. The van der Waals surface area contributed by atoms with Crippen LogP contribution >= 0.6 is 0 Å². The van der Waals surface area contributed by atoms with Crippen molar-refractivity contribution >= 4 is 22.6 Å². The number of benzene rings is 1. The Morgan fingerprint density at radius 2 is 1.96 bits per heavy atom. The number of pyridine rings is 1. The first-order chi connectivity index (χ1) is 12.5. The Labute approximate surface area is 151 Å². The minimum atomic E-state index is -0.924. The summed E-state index contributed by atoms with van der Waals surface area (Å²) in [4.78, 5) is 18.6. The largest absolute Gasteiger partial charge is 0.496 e. The highest BCUT2D eigenvalue weighted by atomic mass is 16.5. The van der Waals surface area contributed by atoms with Crippen LogP contribution in [-0.2, 0) is 4.79 Å². The van der Waals surface area contributed by atoms with E-state index in [-0.39, 0.29) is 5.57 Å². The number of allylic oxidation sites excluding steroid dienone is 3. The average Bonchev–Trinajstić information content (AvgIpc) is 3.08. The Bertz CT molecular complexity index is 1030. The fourth-order valence-corrected chi connectivity index (χ4v) is 2.73. The van der Waals surface area contributed by atoms with Crippen LogP contribution in [0.4, 0.5) is 0 Å². The summed E-state index contributed by atoms with van der Waals surface area (Å²) >= 11 is 0. The summed E-state index contributed by atoms with van der Waals surface area (Å²) in [6, 6.07) is 9.89. The van der Waals surface area contributed by atoms with Crippen molar-refractivity contribution in [1.82, 2.24) is 9.97 Å². The van der Waals surface area contributed by atoms with E-state index in [1.54, 1.807) is 32.4 Å². The van der Waals surface area contributed by atoms with Crippen molar-refractivity contribution in [2.75, 3.05) is 7.11 Å². The first-order valence-electron chi connectivity index (χ1n) is 8.20. The molecular formula is C21H20N2O3. The molecule has 2 heterocycles. The van der Waals surface area contributed by atoms with Crippen molar-refractivity contribution in [3.05, 3.63) is 66.0 Å². The van der Waals surface area contributed by atoms with Gasteiger partial charge in [0.1, 0.15) is 11.4 Å². The first kappa shape index (κ1) is 17.5. The van der Waals surface area contributed by atoms with E-state index in [2.05, 4.69) is 16.0 Å². The summed E-state index contributed by atoms with van der Waals surface area (Å²) in [7, 11) is 1.65. The fraction of sp³-hybridized carbons (Fsp3) is 0.143. The highest BCUT2D eigenvalue weighted by Gasteiger charge is 2.12. The molecule has 0 bridgehead atoms. The van der Waals surface area contributed by atoms with Crippen molar-refractivity contribution in [1.29, 1.82) is 0 Å². The minimum Gasteiger partial charge on any atom is -0.496 e. The lowest BCUT2D eigenvalue weighted by atomic mass is 10.0. The van der Waals surface area contributed by atoms with Gasteiger partial charge in [-0.2, -0.15) is 0 Å². The third-order valence-electron chi connectivity index (χ3n) is 4.30. The normalized spacial score (nSPS) is 12.4. The lowest BCUT2D eigenvalue weighted by Crippen LogP contribution is -1.94. The number of aliphatic carboxylic acids is 1. The van der Waals surface area contributed by atoms with Gasteiger partial charge in [0.15, 0.2) is 0 Å². The zero-order chi connectivity index (χ0) is 18.7. The molecular weight excluding hydrogens is 328 g/mol. The molecule has 0 spiro atoms. The summed E-state index contributed by atoms with van der Waals surface area (Å²) < 4.78 is 5.47. The summed E-state index contributed by atoms with van der Waals surface area (Å²) in [5.74, 6) is -0.127. The van der Waals surface area contributed by atoms with Crippen LogP contribution in [0.25, 0.3) is 27.7 Å². The number of hydrogen-bond donors (Lipinski definition) is 2. The van der Waals surface area contributed by atoms with Crippen LogP contribution in [0.15, 0.2) is 60.5 Å². The summed E-state index contributed by atoms with van der Waals surface area (Å²) in [6.45, 7) is 3.50. The number of H-pyrrole nitrogens is 1. The number of rotatable bonds is 5. The highest BCUT2D eigenvalue weighted by molar-refractivity contribution is 5.96. The third kappa shape index (κ3) is 3.37. The van der Waals surface area contributed by atoms with Crippen LogP contribution in [0.3, 0.4) is 0 Å². The predicted molar refractivity (Wildman–Crippen MR) is 103 cm³/mol. The number of hydrogen-bond acceptors (Lipinski definition) is 3. The first-order valence-corrected chi connectivity index (χ1v) is 8.20. The van der Waals surface area contributed by atoms with Crippen molar-refractivity contribution in [3.8, 4) is 16.9 Å². The predicted octanol–water partition coefficient (Wildman–Crippen LogP) is 4.67. The second-order valence-corrected chi connectivity index (χ2v) is 6.03. The number of aromatic nitrogens is 2. The Morgan fingerprint density at radius 1 is 1.19 bits per heavy atom. The second-order valence-electron chi connectivity index (χ2n) is 6.03. The molecule has 5 nitrogen and oxygen atoms in total. The van der Waals surface area contributed by atoms with Gasteiger partial charge in [0.2, 0.25) is 0 Å². The molecule has 0 aliphatic carbocycles. The molecule has 0 aliphatic rings. The van der Waals surface area contributed by atoms with Gasteiger partial charge in [-0.25, -0.2) is 9.78 Å². The Kier molecular flexibility index (Phi) is 4.89. The molecule has 3 rings (SSSR count). The van der Waals surface area contributed by atoms with Gasteiger partial charge in [0.05, 0.1) is 7.11 Å². The van der Waals surface area contributed by atoms with E-state index in [0.29, 0.717) is 0 Å². The number of carboxylic acids is 1. The van der Waals surface area contributed by atoms with Gasteiger partial charge in [-0.15, -0.1) is 0 Å². The Morgan fingerprint density at radius 3 is 2.69 bits per heavy atom. The van der Waals surface area contributed by atoms with Gasteiger partial charge in [-0.05, 0) is 37.1 Å². The van der Waals surface area contributed by atoms with Crippen molar-refractivity contribution in [2.24, 2.45) is 0 Å². The van der Waals surface area contributed by atoms with E-state index < -0.39 is 5.97 Å². The van der Waals surface area contributed by atoms with E-state index >= 15 is 0 Å². The highest BCUT2D eigenvalue weighted by Crippen LogP contribution is 2.35. The molecule has 0 saturated carbocycles. The van der Waals surface area contributed by atoms with Gasteiger partial charge in [0.25, 0.3) is 0 Å². The molecule has 26 heavy (non-hydrogen) atoms. The van der Waals surface area contributed by atoms with E-state index in [1.807, 2.05) is 37.4 Å². The maximum Gasteiger partial charge on any atom is 0.331 e. The molecule has 132 valence electrons. The van der Waals surface area contributed by atoms with Crippen LogP contribution in [-0.4, -0.2) is 28.2 Å². The number of nitrogens with zero attached hydrogens (tertiary/aromatic N) is 1. The van der Waals surface area contributed by atoms with Gasteiger partial charge in [-0.3, -0.25) is 0 Å². The Hall–Kier alpha value is -3.34. The zero-order valence-electron chi connectivity index (χ0n) is 14.9. The number of aromatic amines is 1. The number of fused-ring (bicyclic) bond motifs is 1. The molecule has 2 N–H and O–H groups in total.